The number of amides is 1. The van der Waals surface area contributed by atoms with Gasteiger partial charge in [0.25, 0.3) is 0 Å². The Morgan fingerprint density at radius 1 is 1.05 bits per heavy atom. The van der Waals surface area contributed by atoms with Crippen LogP contribution in [-0.2, 0) is 11.3 Å². The van der Waals surface area contributed by atoms with Gasteiger partial charge in [-0.2, -0.15) is 0 Å². The van der Waals surface area contributed by atoms with Crippen LogP contribution in [0, 0.1) is 5.41 Å². The van der Waals surface area contributed by atoms with Gasteiger partial charge in [0.15, 0.2) is 0 Å². The summed E-state index contributed by atoms with van der Waals surface area (Å²) in [7, 11) is 4.74. The van der Waals surface area contributed by atoms with Gasteiger partial charge in [-0.3, -0.25) is 4.79 Å². The average molecular weight is 295 g/mol. The molecule has 0 unspecified atom stereocenters. The molecule has 0 saturated carbocycles. The van der Waals surface area contributed by atoms with Gasteiger partial charge in [-0.1, -0.05) is 20.8 Å². The van der Waals surface area contributed by atoms with Gasteiger partial charge in [0.1, 0.15) is 17.2 Å². The number of rotatable bonds is 6. The second-order valence-corrected chi connectivity index (χ2v) is 6.02. The molecule has 0 radical (unpaired) electrons. The minimum Gasteiger partial charge on any atom is -0.496 e. The molecule has 0 aromatic heterocycles. The largest absolute Gasteiger partial charge is 0.496 e. The highest BCUT2D eigenvalue weighted by Gasteiger charge is 2.18. The summed E-state index contributed by atoms with van der Waals surface area (Å²) >= 11 is 0. The van der Waals surface area contributed by atoms with Crippen LogP contribution in [0.25, 0.3) is 0 Å². The lowest BCUT2D eigenvalue weighted by molar-refractivity contribution is -0.122. The molecule has 0 aliphatic carbocycles. The van der Waals surface area contributed by atoms with Crippen LogP contribution >= 0.6 is 0 Å². The van der Waals surface area contributed by atoms with Crippen molar-refractivity contribution in [2.45, 2.75) is 33.7 Å². The van der Waals surface area contributed by atoms with Crippen molar-refractivity contribution in [1.29, 1.82) is 0 Å². The topological polar surface area (TPSA) is 56.8 Å². The fourth-order valence-corrected chi connectivity index (χ4v) is 1.98. The van der Waals surface area contributed by atoms with Crippen molar-refractivity contribution in [2.75, 3.05) is 21.3 Å². The number of carbonyl (C=O) groups is 1. The lowest BCUT2D eigenvalue weighted by Gasteiger charge is -2.19. The van der Waals surface area contributed by atoms with E-state index in [-0.39, 0.29) is 11.3 Å². The molecule has 1 amide bonds. The van der Waals surface area contributed by atoms with E-state index in [9.17, 15) is 4.79 Å². The molecule has 0 spiro atoms. The molecule has 118 valence electrons. The normalized spacial score (nSPS) is 11.0. The summed E-state index contributed by atoms with van der Waals surface area (Å²) in [5.74, 6) is 1.90. The molecule has 0 aliphatic rings. The van der Waals surface area contributed by atoms with Crippen LogP contribution in [-0.4, -0.2) is 27.2 Å². The smallest absolute Gasteiger partial charge is 0.220 e. The number of hydrogen-bond donors (Lipinski definition) is 1. The molecule has 21 heavy (non-hydrogen) atoms. The lowest BCUT2D eigenvalue weighted by atomic mass is 9.92. The van der Waals surface area contributed by atoms with Crippen LogP contribution in [0.4, 0.5) is 0 Å². The third-order valence-corrected chi connectivity index (χ3v) is 2.97. The van der Waals surface area contributed by atoms with Crippen LogP contribution in [0.2, 0.25) is 0 Å². The molecule has 0 heterocycles. The van der Waals surface area contributed by atoms with Crippen molar-refractivity contribution in [1.82, 2.24) is 5.32 Å². The van der Waals surface area contributed by atoms with Gasteiger partial charge in [-0.15, -0.1) is 0 Å². The monoisotopic (exact) mass is 295 g/mol. The van der Waals surface area contributed by atoms with Crippen molar-refractivity contribution in [3.05, 3.63) is 17.7 Å². The molecule has 0 saturated heterocycles. The summed E-state index contributed by atoms with van der Waals surface area (Å²) in [4.78, 5) is 11.9. The molecule has 0 bridgehead atoms. The molecule has 5 nitrogen and oxygen atoms in total. The first kappa shape index (κ1) is 17.1. The van der Waals surface area contributed by atoms with Crippen molar-refractivity contribution < 1.29 is 19.0 Å². The number of methoxy groups -OCH3 is 3. The fourth-order valence-electron chi connectivity index (χ4n) is 1.98. The lowest BCUT2D eigenvalue weighted by Crippen LogP contribution is -2.27. The molecule has 1 rings (SSSR count). The van der Waals surface area contributed by atoms with Crippen LogP contribution in [0.1, 0.15) is 32.8 Å². The standard InChI is InChI=1S/C16H25NO4/c1-16(2,3)9-15(18)17-10-12-13(20-5)7-11(19-4)8-14(12)21-6/h7-8H,9-10H2,1-6H3,(H,17,18). The zero-order chi connectivity index (χ0) is 16.0. The third-order valence-electron chi connectivity index (χ3n) is 2.97. The second-order valence-electron chi connectivity index (χ2n) is 6.02. The summed E-state index contributed by atoms with van der Waals surface area (Å²) in [5, 5.41) is 2.90. The molecular weight excluding hydrogens is 270 g/mol. The predicted molar refractivity (Wildman–Crippen MR) is 82.0 cm³/mol. The summed E-state index contributed by atoms with van der Waals surface area (Å²) < 4.78 is 15.9. The number of hydrogen-bond acceptors (Lipinski definition) is 4. The number of carbonyl (C=O) groups excluding carboxylic acids is 1. The highest BCUT2D eigenvalue weighted by molar-refractivity contribution is 5.76. The third kappa shape index (κ3) is 5.17. The summed E-state index contributed by atoms with van der Waals surface area (Å²) in [6.07, 6.45) is 0.466. The quantitative estimate of drug-likeness (QED) is 0.876. The van der Waals surface area contributed by atoms with Gasteiger partial charge in [0, 0.05) is 18.6 Å². The van der Waals surface area contributed by atoms with Crippen molar-refractivity contribution in [2.24, 2.45) is 5.41 Å². The maximum atomic E-state index is 11.9. The van der Waals surface area contributed by atoms with Crippen molar-refractivity contribution >= 4 is 5.91 Å². The Hall–Kier alpha value is -1.91. The molecule has 1 N–H and O–H groups in total. The Morgan fingerprint density at radius 3 is 1.95 bits per heavy atom. The fraction of sp³-hybridized carbons (Fsp3) is 0.562. The molecule has 1 aromatic carbocycles. The Kier molecular flexibility index (Phi) is 5.88. The minimum atomic E-state index is -0.0435. The summed E-state index contributed by atoms with van der Waals surface area (Å²) in [6.45, 7) is 6.44. The predicted octanol–water partition coefficient (Wildman–Crippen LogP) is 2.76. The number of ether oxygens (including phenoxy) is 3. The van der Waals surface area contributed by atoms with Crippen LogP contribution in [0.15, 0.2) is 12.1 Å². The van der Waals surface area contributed by atoms with E-state index in [1.165, 1.54) is 0 Å². The van der Waals surface area contributed by atoms with Crippen LogP contribution < -0.4 is 19.5 Å². The van der Waals surface area contributed by atoms with E-state index in [1.807, 2.05) is 20.8 Å². The van der Waals surface area contributed by atoms with Crippen LogP contribution in [0.5, 0.6) is 17.2 Å². The highest BCUT2D eigenvalue weighted by Crippen LogP contribution is 2.34. The summed E-state index contributed by atoms with van der Waals surface area (Å²) in [5.41, 5.74) is 0.751. The molecule has 0 aliphatic heterocycles. The van der Waals surface area contributed by atoms with Crippen LogP contribution in [0.3, 0.4) is 0 Å². The van der Waals surface area contributed by atoms with Gasteiger partial charge < -0.3 is 19.5 Å². The second kappa shape index (κ2) is 7.20. The minimum absolute atomic E-state index is 0.00224. The number of benzene rings is 1. The molecular formula is C16H25NO4. The Bertz CT molecular complexity index is 467. The van der Waals surface area contributed by atoms with E-state index in [4.69, 9.17) is 14.2 Å². The molecule has 1 aromatic rings. The van der Waals surface area contributed by atoms with Gasteiger partial charge >= 0.3 is 0 Å². The average Bonchev–Trinajstić information content (AvgIpc) is 2.42. The Morgan fingerprint density at radius 2 is 1.57 bits per heavy atom. The highest BCUT2D eigenvalue weighted by atomic mass is 16.5. The van der Waals surface area contributed by atoms with E-state index < -0.39 is 0 Å². The maximum Gasteiger partial charge on any atom is 0.220 e. The summed E-state index contributed by atoms with van der Waals surface area (Å²) in [6, 6.07) is 3.54. The Labute approximate surface area is 126 Å². The van der Waals surface area contributed by atoms with E-state index in [0.717, 1.165) is 5.56 Å². The van der Waals surface area contributed by atoms with Gasteiger partial charge in [0.2, 0.25) is 5.91 Å². The number of nitrogens with one attached hydrogen (secondary N) is 1. The first-order valence-electron chi connectivity index (χ1n) is 6.86. The maximum absolute atomic E-state index is 11.9. The zero-order valence-electron chi connectivity index (χ0n) is 13.7. The van der Waals surface area contributed by atoms with E-state index in [1.54, 1.807) is 33.5 Å². The van der Waals surface area contributed by atoms with E-state index in [0.29, 0.717) is 30.2 Å². The van der Waals surface area contributed by atoms with E-state index in [2.05, 4.69) is 5.32 Å². The van der Waals surface area contributed by atoms with Crippen molar-refractivity contribution in [3.8, 4) is 17.2 Å². The molecule has 0 fully saturated rings. The van der Waals surface area contributed by atoms with Gasteiger partial charge in [-0.25, -0.2) is 0 Å². The first-order chi connectivity index (χ1) is 9.80. The van der Waals surface area contributed by atoms with E-state index >= 15 is 0 Å². The SMILES string of the molecule is COc1cc(OC)c(CNC(=O)CC(C)(C)C)c(OC)c1. The molecule has 5 heteroatoms. The van der Waals surface area contributed by atoms with Crippen molar-refractivity contribution in [3.63, 3.8) is 0 Å². The van der Waals surface area contributed by atoms with Gasteiger partial charge in [-0.05, 0) is 5.41 Å². The van der Waals surface area contributed by atoms with Gasteiger partial charge in [0.05, 0.1) is 33.4 Å². The molecule has 0 atom stereocenters. The zero-order valence-corrected chi connectivity index (χ0v) is 13.7. The Balaban J connectivity index is 2.89. The first-order valence-corrected chi connectivity index (χ1v) is 6.86.